The lowest BCUT2D eigenvalue weighted by molar-refractivity contribution is 0.103. The molecule has 0 spiro atoms. The Morgan fingerprint density at radius 2 is 2.05 bits per heavy atom. The van der Waals surface area contributed by atoms with Gasteiger partial charge >= 0.3 is 0 Å². The standard InChI is InChI=1S/C16H14FNO2/c1-9-13(17)7-12(8-14(9)18)16(19)11-2-3-15-10(6-11)4-5-20-15/h2-3,6-8H,4-5,18H2,1H3. The number of anilines is 1. The van der Waals surface area contributed by atoms with Gasteiger partial charge < -0.3 is 10.5 Å². The van der Waals surface area contributed by atoms with Crippen LogP contribution in [0.2, 0.25) is 0 Å². The Morgan fingerprint density at radius 3 is 2.80 bits per heavy atom. The molecule has 20 heavy (non-hydrogen) atoms. The molecule has 1 aliphatic heterocycles. The van der Waals surface area contributed by atoms with Gasteiger partial charge in [-0.3, -0.25) is 4.79 Å². The SMILES string of the molecule is Cc1c(N)cc(C(=O)c2ccc3c(c2)CCO3)cc1F. The van der Waals surface area contributed by atoms with Crippen LogP contribution in [0.5, 0.6) is 5.75 Å². The van der Waals surface area contributed by atoms with Gasteiger partial charge in [-0.1, -0.05) is 0 Å². The summed E-state index contributed by atoms with van der Waals surface area (Å²) < 4.78 is 19.1. The highest BCUT2D eigenvalue weighted by Gasteiger charge is 2.17. The largest absolute Gasteiger partial charge is 0.493 e. The second-order valence-corrected chi connectivity index (χ2v) is 4.92. The highest BCUT2D eigenvalue weighted by Crippen LogP contribution is 2.27. The van der Waals surface area contributed by atoms with Crippen molar-refractivity contribution in [1.29, 1.82) is 0 Å². The number of nitrogens with two attached hydrogens (primary N) is 1. The third-order valence-corrected chi connectivity index (χ3v) is 3.60. The third kappa shape index (κ3) is 2.03. The van der Waals surface area contributed by atoms with Crippen LogP contribution >= 0.6 is 0 Å². The smallest absolute Gasteiger partial charge is 0.193 e. The van der Waals surface area contributed by atoms with Crippen molar-refractivity contribution in [2.45, 2.75) is 13.3 Å². The van der Waals surface area contributed by atoms with E-state index < -0.39 is 5.82 Å². The monoisotopic (exact) mass is 271 g/mol. The Kier molecular flexibility index (Phi) is 2.93. The molecule has 0 unspecified atom stereocenters. The number of carbonyl (C=O) groups is 1. The van der Waals surface area contributed by atoms with Gasteiger partial charge in [0.15, 0.2) is 5.78 Å². The van der Waals surface area contributed by atoms with Crippen molar-refractivity contribution in [2.24, 2.45) is 0 Å². The number of halogens is 1. The molecular formula is C16H14FNO2. The number of rotatable bonds is 2. The molecule has 0 aromatic heterocycles. The van der Waals surface area contributed by atoms with Crippen molar-refractivity contribution in [3.63, 3.8) is 0 Å². The molecule has 2 aromatic rings. The molecule has 1 aliphatic rings. The molecule has 0 amide bonds. The second-order valence-electron chi connectivity index (χ2n) is 4.92. The molecule has 102 valence electrons. The van der Waals surface area contributed by atoms with E-state index in [2.05, 4.69) is 0 Å². The first-order chi connectivity index (χ1) is 9.56. The number of nitrogen functional groups attached to an aromatic ring is 1. The maximum absolute atomic E-state index is 13.7. The maximum Gasteiger partial charge on any atom is 0.193 e. The number of ketones is 1. The molecule has 2 N–H and O–H groups in total. The van der Waals surface area contributed by atoms with Crippen molar-refractivity contribution < 1.29 is 13.9 Å². The maximum atomic E-state index is 13.7. The molecule has 0 atom stereocenters. The average Bonchev–Trinajstić information content (AvgIpc) is 2.90. The Hall–Kier alpha value is -2.36. The quantitative estimate of drug-likeness (QED) is 0.675. The third-order valence-electron chi connectivity index (χ3n) is 3.60. The summed E-state index contributed by atoms with van der Waals surface area (Å²) in [6.07, 6.45) is 0.793. The predicted molar refractivity (Wildman–Crippen MR) is 74.6 cm³/mol. The number of fused-ring (bicyclic) bond motifs is 1. The van der Waals surface area contributed by atoms with Crippen molar-refractivity contribution >= 4 is 11.5 Å². The van der Waals surface area contributed by atoms with Crippen molar-refractivity contribution in [2.75, 3.05) is 12.3 Å². The van der Waals surface area contributed by atoms with E-state index in [1.807, 2.05) is 0 Å². The lowest BCUT2D eigenvalue weighted by Gasteiger charge is -2.07. The van der Waals surface area contributed by atoms with Gasteiger partial charge in [0.05, 0.1) is 6.61 Å². The van der Waals surface area contributed by atoms with Crippen LogP contribution in [0, 0.1) is 12.7 Å². The van der Waals surface area contributed by atoms with Crippen LogP contribution in [0.4, 0.5) is 10.1 Å². The van der Waals surface area contributed by atoms with Gasteiger partial charge in [0.25, 0.3) is 0 Å². The summed E-state index contributed by atoms with van der Waals surface area (Å²) in [5.74, 6) is 0.124. The van der Waals surface area contributed by atoms with E-state index in [-0.39, 0.29) is 17.0 Å². The van der Waals surface area contributed by atoms with Crippen LogP contribution in [-0.2, 0) is 6.42 Å². The first-order valence-corrected chi connectivity index (χ1v) is 6.42. The van der Waals surface area contributed by atoms with E-state index in [9.17, 15) is 9.18 Å². The minimum absolute atomic E-state index is 0.231. The molecule has 0 radical (unpaired) electrons. The van der Waals surface area contributed by atoms with E-state index in [1.54, 1.807) is 25.1 Å². The summed E-state index contributed by atoms with van der Waals surface area (Å²) >= 11 is 0. The Balaban J connectivity index is 2.00. The van der Waals surface area contributed by atoms with Crippen LogP contribution in [0.1, 0.15) is 27.0 Å². The van der Waals surface area contributed by atoms with Gasteiger partial charge in [-0.05, 0) is 42.8 Å². The highest BCUT2D eigenvalue weighted by atomic mass is 19.1. The summed E-state index contributed by atoms with van der Waals surface area (Å²) in [5.41, 5.74) is 8.17. The van der Waals surface area contributed by atoms with Crippen LogP contribution in [-0.4, -0.2) is 12.4 Å². The topological polar surface area (TPSA) is 52.3 Å². The highest BCUT2D eigenvalue weighted by molar-refractivity contribution is 6.09. The zero-order chi connectivity index (χ0) is 14.3. The molecule has 0 saturated carbocycles. The normalized spacial score (nSPS) is 12.9. The number of ether oxygens (including phenoxy) is 1. The fourth-order valence-electron chi connectivity index (χ4n) is 2.33. The van der Waals surface area contributed by atoms with Gasteiger partial charge in [0.1, 0.15) is 11.6 Å². The summed E-state index contributed by atoms with van der Waals surface area (Å²) in [7, 11) is 0. The molecule has 3 nitrogen and oxygen atoms in total. The lowest BCUT2D eigenvalue weighted by Crippen LogP contribution is -2.05. The van der Waals surface area contributed by atoms with Gasteiger partial charge in [-0.15, -0.1) is 0 Å². The average molecular weight is 271 g/mol. The fourth-order valence-corrected chi connectivity index (χ4v) is 2.33. The van der Waals surface area contributed by atoms with E-state index in [0.717, 1.165) is 17.7 Å². The minimum atomic E-state index is -0.460. The summed E-state index contributed by atoms with van der Waals surface area (Å²) in [6, 6.07) is 8.03. The first-order valence-electron chi connectivity index (χ1n) is 6.42. The number of carbonyl (C=O) groups excluding carboxylic acids is 1. The zero-order valence-corrected chi connectivity index (χ0v) is 11.1. The second kappa shape index (κ2) is 4.63. The van der Waals surface area contributed by atoms with E-state index in [4.69, 9.17) is 10.5 Å². The van der Waals surface area contributed by atoms with Crippen LogP contribution in [0.15, 0.2) is 30.3 Å². The number of hydrogen-bond donors (Lipinski definition) is 1. The molecule has 4 heteroatoms. The van der Waals surface area contributed by atoms with Crippen LogP contribution in [0.3, 0.4) is 0 Å². The van der Waals surface area contributed by atoms with Crippen LogP contribution in [0.25, 0.3) is 0 Å². The van der Waals surface area contributed by atoms with E-state index in [1.165, 1.54) is 12.1 Å². The Labute approximate surface area is 116 Å². The molecule has 0 fully saturated rings. The summed E-state index contributed by atoms with van der Waals surface area (Å²) in [4.78, 5) is 12.4. The number of benzene rings is 2. The number of hydrogen-bond acceptors (Lipinski definition) is 3. The minimum Gasteiger partial charge on any atom is -0.493 e. The van der Waals surface area contributed by atoms with Gasteiger partial charge in [0, 0.05) is 28.8 Å². The Morgan fingerprint density at radius 1 is 1.25 bits per heavy atom. The summed E-state index contributed by atoms with van der Waals surface area (Å²) in [6.45, 7) is 2.23. The molecule has 1 heterocycles. The first kappa shape index (κ1) is 12.7. The van der Waals surface area contributed by atoms with Crippen molar-refractivity contribution in [1.82, 2.24) is 0 Å². The molecule has 0 bridgehead atoms. The molecule has 2 aromatic carbocycles. The molecular weight excluding hydrogens is 257 g/mol. The van der Waals surface area contributed by atoms with E-state index in [0.29, 0.717) is 17.7 Å². The van der Waals surface area contributed by atoms with Gasteiger partial charge in [-0.25, -0.2) is 4.39 Å². The lowest BCUT2D eigenvalue weighted by atomic mass is 9.98. The summed E-state index contributed by atoms with van der Waals surface area (Å²) in [5, 5.41) is 0. The van der Waals surface area contributed by atoms with Crippen molar-refractivity contribution in [3.8, 4) is 5.75 Å². The van der Waals surface area contributed by atoms with Crippen LogP contribution < -0.4 is 10.5 Å². The van der Waals surface area contributed by atoms with Gasteiger partial charge in [0.2, 0.25) is 0 Å². The Bertz CT molecular complexity index is 687. The zero-order valence-electron chi connectivity index (χ0n) is 11.1. The molecule has 3 rings (SSSR count). The predicted octanol–water partition coefficient (Wildman–Crippen LogP) is 2.88. The molecule has 0 saturated heterocycles. The van der Waals surface area contributed by atoms with E-state index >= 15 is 0 Å². The fraction of sp³-hybridized carbons (Fsp3) is 0.188. The molecule has 0 aliphatic carbocycles. The van der Waals surface area contributed by atoms with Crippen molar-refractivity contribution in [3.05, 3.63) is 58.4 Å². The van der Waals surface area contributed by atoms with Gasteiger partial charge in [-0.2, -0.15) is 0 Å².